The van der Waals surface area contributed by atoms with Crippen LogP contribution in [0.25, 0.3) is 0 Å². The van der Waals surface area contributed by atoms with Crippen LogP contribution in [0.3, 0.4) is 0 Å². The second kappa shape index (κ2) is 6.06. The van der Waals surface area contributed by atoms with Gasteiger partial charge in [0.05, 0.1) is 0 Å². The topological polar surface area (TPSA) is 18.5 Å². The van der Waals surface area contributed by atoms with Gasteiger partial charge in [-0.05, 0) is 23.9 Å². The van der Waals surface area contributed by atoms with Gasteiger partial charge in [-0.15, -0.1) is 35.3 Å². The average Bonchev–Trinajstić information content (AvgIpc) is 2.23. The monoisotopic (exact) mass is 390 g/mol. The van der Waals surface area contributed by atoms with E-state index in [9.17, 15) is 30.7 Å². The Morgan fingerprint density at radius 3 is 1.95 bits per heavy atom. The van der Waals surface area contributed by atoms with Crippen molar-refractivity contribution < 1.29 is 40.2 Å². The van der Waals surface area contributed by atoms with Gasteiger partial charge >= 0.3 is 18.6 Å². The van der Waals surface area contributed by atoms with Gasteiger partial charge in [0, 0.05) is 0 Å². The summed E-state index contributed by atoms with van der Waals surface area (Å²) in [5, 5.41) is 0.143. The van der Waals surface area contributed by atoms with E-state index >= 15 is 0 Å². The van der Waals surface area contributed by atoms with Crippen molar-refractivity contribution in [2.75, 3.05) is 0 Å². The standard InChI is InChI=1S/C10H7Cl2F7O2Si/c1-22(11,12)7-4-2-3-6(5-7)20-8(13,14)9(15,16)21-10(17,18)19/h2-5H,1H3. The summed E-state index contributed by atoms with van der Waals surface area (Å²) in [6, 6.07) is 4.12. The Morgan fingerprint density at radius 2 is 1.50 bits per heavy atom. The molecule has 0 unspecified atom stereocenters. The van der Waals surface area contributed by atoms with E-state index in [1.165, 1.54) is 12.6 Å². The van der Waals surface area contributed by atoms with Crippen molar-refractivity contribution in [3.63, 3.8) is 0 Å². The van der Waals surface area contributed by atoms with Crippen LogP contribution in [0.2, 0.25) is 6.55 Å². The molecular weight excluding hydrogens is 384 g/mol. The molecule has 0 aliphatic heterocycles. The highest BCUT2D eigenvalue weighted by Crippen LogP contribution is 2.41. The molecule has 0 atom stereocenters. The highest BCUT2D eigenvalue weighted by atomic mass is 35.7. The van der Waals surface area contributed by atoms with E-state index in [1.54, 1.807) is 0 Å². The molecule has 12 heteroatoms. The Labute approximate surface area is 130 Å². The maximum absolute atomic E-state index is 13.2. The maximum Gasteiger partial charge on any atom is 0.527 e. The molecule has 0 saturated heterocycles. The van der Waals surface area contributed by atoms with E-state index in [1.807, 2.05) is 0 Å². The number of alkyl halides is 7. The van der Waals surface area contributed by atoms with Crippen molar-refractivity contribution in [2.24, 2.45) is 0 Å². The minimum absolute atomic E-state index is 0.143. The molecule has 0 saturated carbocycles. The van der Waals surface area contributed by atoms with E-state index in [0.29, 0.717) is 0 Å². The second-order valence-electron chi connectivity index (χ2n) is 4.10. The summed E-state index contributed by atoms with van der Waals surface area (Å²) in [4.78, 5) is 0. The fourth-order valence-corrected chi connectivity index (χ4v) is 2.73. The van der Waals surface area contributed by atoms with E-state index in [0.717, 1.165) is 18.2 Å². The molecule has 0 bridgehead atoms. The first kappa shape index (κ1) is 19.3. The Kier molecular flexibility index (Phi) is 5.33. The molecule has 0 N–H and O–H groups in total. The van der Waals surface area contributed by atoms with Gasteiger partial charge in [-0.3, -0.25) is 0 Å². The molecule has 0 radical (unpaired) electrons. The summed E-state index contributed by atoms with van der Waals surface area (Å²) < 4.78 is 93.0. The van der Waals surface area contributed by atoms with Crippen molar-refractivity contribution >= 4 is 34.0 Å². The Morgan fingerprint density at radius 1 is 0.955 bits per heavy atom. The van der Waals surface area contributed by atoms with Crippen molar-refractivity contribution in [3.05, 3.63) is 24.3 Å². The number of ether oxygens (including phenoxy) is 2. The van der Waals surface area contributed by atoms with Gasteiger partial charge in [0.2, 0.25) is 0 Å². The third-order valence-corrected chi connectivity index (χ3v) is 4.80. The first-order chi connectivity index (χ1) is 9.64. The van der Waals surface area contributed by atoms with Crippen LogP contribution in [0, 0.1) is 0 Å². The first-order valence-electron chi connectivity index (χ1n) is 5.34. The van der Waals surface area contributed by atoms with Crippen LogP contribution in [0.1, 0.15) is 0 Å². The van der Waals surface area contributed by atoms with Gasteiger partial charge in [0.15, 0.2) is 0 Å². The van der Waals surface area contributed by atoms with Gasteiger partial charge in [-0.1, -0.05) is 12.1 Å². The van der Waals surface area contributed by atoms with Crippen molar-refractivity contribution in [3.8, 4) is 5.75 Å². The summed E-state index contributed by atoms with van der Waals surface area (Å²) >= 11 is 11.6. The van der Waals surface area contributed by atoms with Gasteiger partial charge in [-0.25, -0.2) is 4.74 Å². The smallest absolute Gasteiger partial charge is 0.426 e. The quantitative estimate of drug-likeness (QED) is 0.417. The molecule has 0 aliphatic rings. The third kappa shape index (κ3) is 5.18. The molecule has 22 heavy (non-hydrogen) atoms. The summed E-state index contributed by atoms with van der Waals surface area (Å²) in [7, 11) is 0. The molecule has 2 nitrogen and oxygen atoms in total. The van der Waals surface area contributed by atoms with Crippen LogP contribution in [0.5, 0.6) is 5.75 Å². The minimum atomic E-state index is -5.98. The van der Waals surface area contributed by atoms with Gasteiger partial charge in [0.25, 0.3) is 6.69 Å². The number of benzene rings is 1. The highest BCUT2D eigenvalue weighted by molar-refractivity contribution is 7.50. The predicted octanol–water partition coefficient (Wildman–Crippen LogP) is 4.54. The number of halogens is 9. The summed E-state index contributed by atoms with van der Waals surface area (Å²) in [5.41, 5.74) is 0. The van der Waals surface area contributed by atoms with Crippen LogP contribution in [0.4, 0.5) is 30.7 Å². The van der Waals surface area contributed by atoms with Crippen LogP contribution in [-0.2, 0) is 4.74 Å². The molecule has 0 spiro atoms. The lowest BCUT2D eigenvalue weighted by Crippen LogP contribution is -2.50. The third-order valence-electron chi connectivity index (χ3n) is 2.17. The Hall–Kier alpha value is -0.713. The van der Waals surface area contributed by atoms with Crippen LogP contribution in [0.15, 0.2) is 24.3 Å². The van der Waals surface area contributed by atoms with Crippen LogP contribution >= 0.6 is 22.2 Å². The maximum atomic E-state index is 13.2. The molecular formula is C10H7Cl2F7O2Si. The minimum Gasteiger partial charge on any atom is -0.426 e. The summed E-state index contributed by atoms with van der Waals surface area (Å²) in [5.74, 6) is -0.840. The van der Waals surface area contributed by atoms with Crippen molar-refractivity contribution in [1.82, 2.24) is 0 Å². The first-order valence-corrected chi connectivity index (χ1v) is 9.86. The van der Waals surface area contributed by atoms with Gasteiger partial charge in [0.1, 0.15) is 5.75 Å². The lowest BCUT2D eigenvalue weighted by atomic mass is 10.3. The zero-order chi connectivity index (χ0) is 17.4. The molecule has 0 aromatic heterocycles. The van der Waals surface area contributed by atoms with Crippen LogP contribution in [-0.4, -0.2) is 25.3 Å². The molecule has 0 fully saturated rings. The Balaban J connectivity index is 3.02. The van der Waals surface area contributed by atoms with E-state index in [2.05, 4.69) is 9.47 Å². The molecule has 126 valence electrons. The predicted molar refractivity (Wildman–Crippen MR) is 67.1 cm³/mol. The average molecular weight is 391 g/mol. The summed E-state index contributed by atoms with van der Waals surface area (Å²) in [6.45, 7) is -1.61. The highest BCUT2D eigenvalue weighted by Gasteiger charge is 2.66. The number of hydrogen-bond donors (Lipinski definition) is 0. The molecule has 1 aromatic carbocycles. The SMILES string of the molecule is C[Si](Cl)(Cl)c1cccc(OC(F)(F)C(F)(F)OC(F)(F)F)c1. The second-order valence-corrected chi connectivity index (χ2v) is 11.6. The van der Waals surface area contributed by atoms with E-state index < -0.39 is 31.0 Å². The van der Waals surface area contributed by atoms with E-state index in [4.69, 9.17) is 22.2 Å². The molecule has 0 aliphatic carbocycles. The molecule has 1 rings (SSSR count). The Bertz CT molecular complexity index is 531. The van der Waals surface area contributed by atoms with Crippen LogP contribution < -0.4 is 9.92 Å². The lowest BCUT2D eigenvalue weighted by Gasteiger charge is -2.26. The fourth-order valence-electron chi connectivity index (χ4n) is 1.24. The molecule has 1 aromatic rings. The normalized spacial score (nSPS) is 14.1. The van der Waals surface area contributed by atoms with Crippen molar-refractivity contribution in [2.45, 2.75) is 25.1 Å². The largest absolute Gasteiger partial charge is 0.527 e. The van der Waals surface area contributed by atoms with Gasteiger partial charge in [-0.2, -0.15) is 17.6 Å². The fraction of sp³-hybridized carbons (Fsp3) is 0.400. The van der Waals surface area contributed by atoms with Crippen molar-refractivity contribution in [1.29, 1.82) is 0 Å². The number of hydrogen-bond acceptors (Lipinski definition) is 2. The molecule has 0 amide bonds. The molecule has 0 heterocycles. The van der Waals surface area contributed by atoms with Gasteiger partial charge < -0.3 is 4.74 Å². The van der Waals surface area contributed by atoms with E-state index in [-0.39, 0.29) is 5.19 Å². The zero-order valence-corrected chi connectivity index (χ0v) is 13.0. The zero-order valence-electron chi connectivity index (χ0n) is 10.5. The summed E-state index contributed by atoms with van der Waals surface area (Å²) in [6.07, 6.45) is -17.5. The number of rotatable bonds is 5. The lowest BCUT2D eigenvalue weighted by molar-refractivity contribution is -0.492.